The number of unbranched alkanes of at least 4 members (excludes halogenated alkanes) is 1. The van der Waals surface area contributed by atoms with Crippen LogP contribution < -0.4 is 4.74 Å². The summed E-state index contributed by atoms with van der Waals surface area (Å²) in [6.07, 6.45) is 1.75. The van der Waals surface area contributed by atoms with Crippen molar-refractivity contribution in [1.29, 1.82) is 0 Å². The Morgan fingerprint density at radius 1 is 1.19 bits per heavy atom. The summed E-state index contributed by atoms with van der Waals surface area (Å²) in [5.41, 5.74) is 2.40. The van der Waals surface area contributed by atoms with Crippen molar-refractivity contribution >= 4 is 5.97 Å². The van der Waals surface area contributed by atoms with E-state index in [4.69, 9.17) is 4.74 Å². The quantitative estimate of drug-likeness (QED) is 0.446. The molecule has 1 heterocycles. The second-order valence-electron chi connectivity index (χ2n) is 7.39. The summed E-state index contributed by atoms with van der Waals surface area (Å²) >= 11 is 0. The van der Waals surface area contributed by atoms with Crippen LogP contribution in [0.2, 0.25) is 0 Å². The van der Waals surface area contributed by atoms with Crippen molar-refractivity contribution in [3.05, 3.63) is 59.9 Å². The van der Waals surface area contributed by atoms with E-state index in [1.54, 1.807) is 28.9 Å². The van der Waals surface area contributed by atoms with Crippen molar-refractivity contribution in [3.8, 4) is 28.3 Å². The summed E-state index contributed by atoms with van der Waals surface area (Å²) in [6.45, 7) is 4.66. The van der Waals surface area contributed by atoms with E-state index < -0.39 is 12.1 Å². The van der Waals surface area contributed by atoms with Crippen LogP contribution in [0, 0.1) is 5.82 Å². The topological polar surface area (TPSA) is 84.6 Å². The normalized spacial score (nSPS) is 12.0. The Hall–Kier alpha value is -3.19. The highest BCUT2D eigenvalue weighted by molar-refractivity contribution is 5.90. The van der Waals surface area contributed by atoms with Gasteiger partial charge in [-0.3, -0.25) is 4.68 Å². The summed E-state index contributed by atoms with van der Waals surface area (Å²) < 4.78 is 21.4. The molecule has 164 valence electrons. The second-order valence-corrected chi connectivity index (χ2v) is 7.39. The van der Waals surface area contributed by atoms with Crippen LogP contribution in [-0.2, 0) is 6.54 Å². The fourth-order valence-electron chi connectivity index (χ4n) is 3.21. The molecule has 0 saturated heterocycles. The maximum absolute atomic E-state index is 13.9. The standard InChI is InChI=1S/C24H27FN2O4/c1-3-5-11-31-23-10-9-17(24(29)30)13-20(23)21-14-22(16-7-6-8-18(25)12-16)27(26-21)15-19(28)4-2/h6-10,12-14,19,28H,3-5,11,15H2,1-2H3,(H,29,30)/t19-/m1/s1. The van der Waals surface area contributed by atoms with Crippen LogP contribution in [-0.4, -0.2) is 38.7 Å². The zero-order chi connectivity index (χ0) is 22.4. The number of carbonyl (C=O) groups is 1. The minimum absolute atomic E-state index is 0.119. The maximum Gasteiger partial charge on any atom is 0.335 e. The number of hydrogen-bond acceptors (Lipinski definition) is 4. The van der Waals surface area contributed by atoms with Crippen molar-refractivity contribution in [2.24, 2.45) is 0 Å². The minimum atomic E-state index is -1.05. The Labute approximate surface area is 180 Å². The van der Waals surface area contributed by atoms with Crippen LogP contribution in [0.25, 0.3) is 22.5 Å². The van der Waals surface area contributed by atoms with E-state index in [0.29, 0.717) is 41.3 Å². The molecule has 0 aliphatic carbocycles. The average molecular weight is 426 g/mol. The van der Waals surface area contributed by atoms with Gasteiger partial charge in [0.1, 0.15) is 11.6 Å². The van der Waals surface area contributed by atoms with E-state index in [1.165, 1.54) is 24.3 Å². The Bertz CT molecular complexity index is 1050. The van der Waals surface area contributed by atoms with Crippen LogP contribution in [0.15, 0.2) is 48.5 Å². The highest BCUT2D eigenvalue weighted by Gasteiger charge is 2.18. The van der Waals surface area contributed by atoms with Gasteiger partial charge in [0.25, 0.3) is 0 Å². The zero-order valence-electron chi connectivity index (χ0n) is 17.7. The fourth-order valence-corrected chi connectivity index (χ4v) is 3.21. The lowest BCUT2D eigenvalue weighted by molar-refractivity contribution is 0.0697. The lowest BCUT2D eigenvalue weighted by Crippen LogP contribution is -2.16. The van der Waals surface area contributed by atoms with Gasteiger partial charge in [-0.2, -0.15) is 5.10 Å². The molecule has 7 heteroatoms. The first-order chi connectivity index (χ1) is 14.9. The number of halogens is 1. The molecule has 1 aromatic heterocycles. The molecular weight excluding hydrogens is 399 g/mol. The molecule has 31 heavy (non-hydrogen) atoms. The van der Waals surface area contributed by atoms with Crippen LogP contribution in [0.5, 0.6) is 5.75 Å². The van der Waals surface area contributed by atoms with Gasteiger partial charge in [0.05, 0.1) is 36.2 Å². The Balaban J connectivity index is 2.11. The van der Waals surface area contributed by atoms with Gasteiger partial charge in [-0.1, -0.05) is 32.4 Å². The van der Waals surface area contributed by atoms with E-state index >= 15 is 0 Å². The summed E-state index contributed by atoms with van der Waals surface area (Å²) in [7, 11) is 0. The van der Waals surface area contributed by atoms with E-state index in [0.717, 1.165) is 12.8 Å². The molecule has 0 spiro atoms. The van der Waals surface area contributed by atoms with Gasteiger partial charge in [-0.15, -0.1) is 0 Å². The number of aromatic nitrogens is 2. The van der Waals surface area contributed by atoms with Gasteiger partial charge >= 0.3 is 5.97 Å². The van der Waals surface area contributed by atoms with Gasteiger partial charge in [0.15, 0.2) is 0 Å². The molecular formula is C24H27FN2O4. The van der Waals surface area contributed by atoms with Crippen molar-refractivity contribution in [3.63, 3.8) is 0 Å². The highest BCUT2D eigenvalue weighted by Crippen LogP contribution is 2.34. The summed E-state index contributed by atoms with van der Waals surface area (Å²) in [5.74, 6) is -0.892. The largest absolute Gasteiger partial charge is 0.493 e. The molecule has 6 nitrogen and oxygen atoms in total. The number of carboxylic acids is 1. The van der Waals surface area contributed by atoms with E-state index in [2.05, 4.69) is 12.0 Å². The van der Waals surface area contributed by atoms with Gasteiger partial charge in [0, 0.05) is 11.1 Å². The lowest BCUT2D eigenvalue weighted by atomic mass is 10.0. The Morgan fingerprint density at radius 2 is 2.00 bits per heavy atom. The van der Waals surface area contributed by atoms with Gasteiger partial charge < -0.3 is 14.9 Å². The number of nitrogens with zero attached hydrogens (tertiary/aromatic N) is 2. The number of aliphatic hydroxyl groups is 1. The first-order valence-corrected chi connectivity index (χ1v) is 10.4. The minimum Gasteiger partial charge on any atom is -0.493 e. The third-order valence-corrected chi connectivity index (χ3v) is 5.01. The van der Waals surface area contributed by atoms with E-state index in [9.17, 15) is 19.4 Å². The molecule has 0 aliphatic rings. The number of ether oxygens (including phenoxy) is 1. The molecule has 0 saturated carbocycles. The van der Waals surface area contributed by atoms with Crippen molar-refractivity contribution in [1.82, 2.24) is 9.78 Å². The van der Waals surface area contributed by atoms with Crippen LogP contribution in [0.4, 0.5) is 4.39 Å². The number of rotatable bonds is 10. The first kappa shape index (κ1) is 22.5. The van der Waals surface area contributed by atoms with Crippen molar-refractivity contribution in [2.45, 2.75) is 45.8 Å². The Morgan fingerprint density at radius 3 is 2.68 bits per heavy atom. The second kappa shape index (κ2) is 10.2. The SMILES string of the molecule is CCCCOc1ccc(C(=O)O)cc1-c1cc(-c2cccc(F)c2)n(C[C@H](O)CC)n1. The maximum atomic E-state index is 13.9. The Kier molecular flexibility index (Phi) is 7.41. The summed E-state index contributed by atoms with van der Waals surface area (Å²) in [5, 5.41) is 24.3. The van der Waals surface area contributed by atoms with E-state index in [-0.39, 0.29) is 17.9 Å². The molecule has 0 unspecified atom stereocenters. The lowest BCUT2D eigenvalue weighted by Gasteiger charge is -2.12. The van der Waals surface area contributed by atoms with E-state index in [1.807, 2.05) is 6.92 Å². The molecule has 0 aliphatic heterocycles. The van der Waals surface area contributed by atoms with Crippen LogP contribution in [0.1, 0.15) is 43.5 Å². The smallest absolute Gasteiger partial charge is 0.335 e. The molecule has 0 radical (unpaired) electrons. The van der Waals surface area contributed by atoms with Crippen molar-refractivity contribution in [2.75, 3.05) is 6.61 Å². The van der Waals surface area contributed by atoms with Gasteiger partial charge in [-0.05, 0) is 49.2 Å². The number of benzene rings is 2. The monoisotopic (exact) mass is 426 g/mol. The number of hydrogen-bond donors (Lipinski definition) is 2. The fraction of sp³-hybridized carbons (Fsp3) is 0.333. The highest BCUT2D eigenvalue weighted by atomic mass is 19.1. The first-order valence-electron chi connectivity index (χ1n) is 10.4. The molecule has 0 fully saturated rings. The molecule has 3 rings (SSSR count). The third kappa shape index (κ3) is 5.49. The molecule has 1 atom stereocenters. The van der Waals surface area contributed by atoms with Gasteiger partial charge in [0.2, 0.25) is 0 Å². The molecule has 2 aromatic carbocycles. The summed E-state index contributed by atoms with van der Waals surface area (Å²) in [6, 6.07) is 12.6. The number of aromatic carboxylic acids is 1. The van der Waals surface area contributed by atoms with Crippen LogP contribution in [0.3, 0.4) is 0 Å². The molecule has 0 bridgehead atoms. The predicted octanol–water partition coefficient (Wildman–Crippen LogP) is 5.00. The van der Waals surface area contributed by atoms with Gasteiger partial charge in [-0.25, -0.2) is 9.18 Å². The number of carboxylic acid groups (broad SMARTS) is 1. The van der Waals surface area contributed by atoms with Crippen LogP contribution >= 0.6 is 0 Å². The molecule has 3 aromatic rings. The molecule has 0 amide bonds. The zero-order valence-corrected chi connectivity index (χ0v) is 17.7. The van der Waals surface area contributed by atoms with Crippen molar-refractivity contribution < 1.29 is 24.1 Å². The third-order valence-electron chi connectivity index (χ3n) is 5.01. The summed E-state index contributed by atoms with van der Waals surface area (Å²) in [4.78, 5) is 11.5. The predicted molar refractivity (Wildman–Crippen MR) is 117 cm³/mol. The average Bonchev–Trinajstić information content (AvgIpc) is 3.17. The molecule has 2 N–H and O–H groups in total. The number of aliphatic hydroxyl groups excluding tert-OH is 1.